The Bertz CT molecular complexity index is 478. The minimum Gasteiger partial charge on any atom is -0.387 e. The number of aliphatic hydroxyl groups excluding tert-OH is 1. The second-order valence-electron chi connectivity index (χ2n) is 5.78. The number of rotatable bonds is 3. The lowest BCUT2D eigenvalue weighted by molar-refractivity contribution is 0.0663. The normalized spacial score (nSPS) is 23.6. The van der Waals surface area contributed by atoms with Gasteiger partial charge in [0.2, 0.25) is 0 Å². The molecule has 0 heterocycles. The lowest BCUT2D eigenvalue weighted by Crippen LogP contribution is -2.24. The standard InChI is InChI=1S/C16H19NO/c17-11-16(9-3-4-10-16)15(18)14-6-2-1-5-13(14)12-7-8-12/h1-2,5-6,12,15,18H,3-4,7-10H2. The average Bonchev–Trinajstić information content (AvgIpc) is 3.15. The number of hydrogen-bond acceptors (Lipinski definition) is 2. The molecule has 2 saturated carbocycles. The van der Waals surface area contributed by atoms with E-state index in [1.807, 2.05) is 18.2 Å². The molecule has 0 amide bonds. The highest BCUT2D eigenvalue weighted by molar-refractivity contribution is 5.37. The zero-order valence-corrected chi connectivity index (χ0v) is 10.6. The Balaban J connectivity index is 1.96. The van der Waals surface area contributed by atoms with Crippen LogP contribution in [0.4, 0.5) is 0 Å². The first-order valence-electron chi connectivity index (χ1n) is 6.95. The molecule has 0 aromatic heterocycles. The van der Waals surface area contributed by atoms with Gasteiger partial charge in [0.25, 0.3) is 0 Å². The van der Waals surface area contributed by atoms with E-state index in [-0.39, 0.29) is 0 Å². The molecule has 1 aromatic rings. The van der Waals surface area contributed by atoms with Crippen molar-refractivity contribution in [2.75, 3.05) is 0 Å². The molecule has 0 bridgehead atoms. The second-order valence-corrected chi connectivity index (χ2v) is 5.78. The van der Waals surface area contributed by atoms with Gasteiger partial charge in [-0.25, -0.2) is 0 Å². The summed E-state index contributed by atoms with van der Waals surface area (Å²) in [6.45, 7) is 0. The molecule has 0 spiro atoms. The highest BCUT2D eigenvalue weighted by Crippen LogP contribution is 2.50. The van der Waals surface area contributed by atoms with E-state index in [2.05, 4.69) is 12.1 Å². The first-order chi connectivity index (χ1) is 8.77. The Labute approximate surface area is 108 Å². The van der Waals surface area contributed by atoms with Crippen LogP contribution in [0.3, 0.4) is 0 Å². The molecular formula is C16H19NO. The van der Waals surface area contributed by atoms with E-state index in [1.54, 1.807) is 0 Å². The largest absolute Gasteiger partial charge is 0.387 e. The van der Waals surface area contributed by atoms with Gasteiger partial charge in [0.1, 0.15) is 0 Å². The Morgan fingerprint density at radius 3 is 2.50 bits per heavy atom. The Morgan fingerprint density at radius 2 is 1.89 bits per heavy atom. The monoisotopic (exact) mass is 241 g/mol. The van der Waals surface area contributed by atoms with Gasteiger partial charge in [0, 0.05) is 0 Å². The third kappa shape index (κ3) is 1.83. The van der Waals surface area contributed by atoms with Crippen LogP contribution >= 0.6 is 0 Å². The van der Waals surface area contributed by atoms with Crippen LogP contribution < -0.4 is 0 Å². The van der Waals surface area contributed by atoms with E-state index in [4.69, 9.17) is 0 Å². The molecule has 18 heavy (non-hydrogen) atoms. The van der Waals surface area contributed by atoms with E-state index < -0.39 is 11.5 Å². The van der Waals surface area contributed by atoms with Crippen molar-refractivity contribution in [1.29, 1.82) is 5.26 Å². The van der Waals surface area contributed by atoms with E-state index in [9.17, 15) is 10.4 Å². The summed E-state index contributed by atoms with van der Waals surface area (Å²) < 4.78 is 0. The summed E-state index contributed by atoms with van der Waals surface area (Å²) in [7, 11) is 0. The van der Waals surface area contributed by atoms with Gasteiger partial charge in [-0.15, -0.1) is 0 Å². The van der Waals surface area contributed by atoms with E-state index in [0.717, 1.165) is 31.2 Å². The fraction of sp³-hybridized carbons (Fsp3) is 0.562. The molecule has 2 aliphatic carbocycles. The van der Waals surface area contributed by atoms with Gasteiger partial charge in [0.15, 0.2) is 0 Å². The van der Waals surface area contributed by atoms with Gasteiger partial charge in [0.05, 0.1) is 17.6 Å². The van der Waals surface area contributed by atoms with Crippen molar-refractivity contribution in [3.8, 4) is 6.07 Å². The topological polar surface area (TPSA) is 44.0 Å². The molecule has 2 heteroatoms. The van der Waals surface area contributed by atoms with Crippen molar-refractivity contribution >= 4 is 0 Å². The molecule has 94 valence electrons. The Morgan fingerprint density at radius 1 is 1.22 bits per heavy atom. The average molecular weight is 241 g/mol. The number of hydrogen-bond donors (Lipinski definition) is 1. The van der Waals surface area contributed by atoms with Gasteiger partial charge < -0.3 is 5.11 Å². The third-order valence-electron chi connectivity index (χ3n) is 4.55. The van der Waals surface area contributed by atoms with Crippen LogP contribution in [0.15, 0.2) is 24.3 Å². The summed E-state index contributed by atoms with van der Waals surface area (Å²) >= 11 is 0. The molecule has 1 aromatic carbocycles. The van der Waals surface area contributed by atoms with Crippen LogP contribution in [0.1, 0.15) is 61.7 Å². The van der Waals surface area contributed by atoms with Crippen molar-refractivity contribution in [3.05, 3.63) is 35.4 Å². The lowest BCUT2D eigenvalue weighted by atomic mass is 9.77. The van der Waals surface area contributed by atoms with Crippen LogP contribution in [0.2, 0.25) is 0 Å². The summed E-state index contributed by atoms with van der Waals surface area (Å²) in [5, 5.41) is 20.2. The number of aliphatic hydroxyl groups is 1. The molecule has 1 N–H and O–H groups in total. The Kier molecular flexibility index (Phi) is 2.87. The van der Waals surface area contributed by atoms with E-state index in [1.165, 1.54) is 18.4 Å². The zero-order chi connectivity index (χ0) is 12.6. The smallest absolute Gasteiger partial charge is 0.0979 e. The van der Waals surface area contributed by atoms with Crippen molar-refractivity contribution in [2.45, 2.75) is 50.5 Å². The maximum atomic E-state index is 10.7. The van der Waals surface area contributed by atoms with Gasteiger partial charge in [-0.1, -0.05) is 37.1 Å². The predicted octanol–water partition coefficient (Wildman–Crippen LogP) is 3.68. The molecule has 2 fully saturated rings. The van der Waals surface area contributed by atoms with Crippen LogP contribution in [0.5, 0.6) is 0 Å². The van der Waals surface area contributed by atoms with Crippen molar-refractivity contribution in [3.63, 3.8) is 0 Å². The van der Waals surface area contributed by atoms with Crippen molar-refractivity contribution in [2.24, 2.45) is 5.41 Å². The maximum absolute atomic E-state index is 10.7. The molecule has 1 unspecified atom stereocenters. The molecule has 2 aliphatic rings. The number of nitrogens with zero attached hydrogens (tertiary/aromatic N) is 1. The quantitative estimate of drug-likeness (QED) is 0.877. The van der Waals surface area contributed by atoms with Crippen LogP contribution in [0, 0.1) is 16.7 Å². The molecule has 3 rings (SSSR count). The first kappa shape index (κ1) is 11.7. The fourth-order valence-electron chi connectivity index (χ4n) is 3.28. The van der Waals surface area contributed by atoms with E-state index >= 15 is 0 Å². The lowest BCUT2D eigenvalue weighted by Gasteiger charge is -2.28. The summed E-state index contributed by atoms with van der Waals surface area (Å²) in [5.74, 6) is 0.619. The molecule has 2 nitrogen and oxygen atoms in total. The molecule has 0 radical (unpaired) electrons. The minimum absolute atomic E-state index is 0.537. The second kappa shape index (κ2) is 4.40. The highest BCUT2D eigenvalue weighted by atomic mass is 16.3. The molecule has 1 atom stereocenters. The van der Waals surface area contributed by atoms with E-state index in [0.29, 0.717) is 5.92 Å². The minimum atomic E-state index is -0.609. The van der Waals surface area contributed by atoms with Crippen molar-refractivity contribution in [1.82, 2.24) is 0 Å². The van der Waals surface area contributed by atoms with Gasteiger partial charge in [-0.3, -0.25) is 0 Å². The van der Waals surface area contributed by atoms with Gasteiger partial charge in [-0.2, -0.15) is 5.26 Å². The fourth-order valence-corrected chi connectivity index (χ4v) is 3.28. The van der Waals surface area contributed by atoms with Gasteiger partial charge in [-0.05, 0) is 42.7 Å². The number of benzene rings is 1. The predicted molar refractivity (Wildman–Crippen MR) is 69.9 cm³/mol. The third-order valence-corrected chi connectivity index (χ3v) is 4.55. The molecule has 0 aliphatic heterocycles. The SMILES string of the molecule is N#CC1(C(O)c2ccccc2C2CC2)CCCC1. The molecular weight excluding hydrogens is 222 g/mol. The summed E-state index contributed by atoms with van der Waals surface area (Å²) in [6, 6.07) is 10.6. The van der Waals surface area contributed by atoms with Gasteiger partial charge >= 0.3 is 0 Å². The summed E-state index contributed by atoms with van der Waals surface area (Å²) in [4.78, 5) is 0. The van der Waals surface area contributed by atoms with Crippen molar-refractivity contribution < 1.29 is 5.11 Å². The summed E-state index contributed by atoms with van der Waals surface area (Å²) in [6.07, 6.45) is 5.65. The number of nitriles is 1. The maximum Gasteiger partial charge on any atom is 0.0979 e. The van der Waals surface area contributed by atoms with Crippen LogP contribution in [-0.4, -0.2) is 5.11 Å². The molecule has 0 saturated heterocycles. The highest BCUT2D eigenvalue weighted by Gasteiger charge is 2.43. The van der Waals surface area contributed by atoms with Crippen LogP contribution in [-0.2, 0) is 0 Å². The zero-order valence-electron chi connectivity index (χ0n) is 10.6. The van der Waals surface area contributed by atoms with Crippen LogP contribution in [0.25, 0.3) is 0 Å². The Hall–Kier alpha value is -1.33. The summed E-state index contributed by atoms with van der Waals surface area (Å²) in [5.41, 5.74) is 1.74. The first-order valence-corrected chi connectivity index (χ1v) is 6.95.